The van der Waals surface area contributed by atoms with Crippen LogP contribution in [0, 0.1) is 19.8 Å². The minimum Gasteiger partial charge on any atom is -0.483 e. The standard InChI is InChI=1S/C30H24ClN3O5S2/c1-15-3-8-18(9-4-15)32-22(35)14-39-21-12-7-17(31)13-20(21)23-24-26(40-27-25(23)41-30(38)33-27)29(37)34(28(24)36)19-10-5-16(2)6-11-19/h3-13,23-24,26H,14H2,1-2H3,(H,32,35)(H,33,38)/t23-,24?,26?/m1/s1. The van der Waals surface area contributed by atoms with E-state index in [0.29, 0.717) is 37.6 Å². The number of H-pyrrole nitrogens is 1. The molecule has 41 heavy (non-hydrogen) atoms. The van der Waals surface area contributed by atoms with E-state index in [-0.39, 0.29) is 29.2 Å². The van der Waals surface area contributed by atoms with Crippen LogP contribution in [-0.2, 0) is 14.4 Å². The molecule has 6 rings (SSSR count). The number of fused-ring (bicyclic) bond motifs is 2. The summed E-state index contributed by atoms with van der Waals surface area (Å²) in [6, 6.07) is 19.5. The molecule has 2 aliphatic rings. The van der Waals surface area contributed by atoms with Gasteiger partial charge in [0.1, 0.15) is 11.0 Å². The highest BCUT2D eigenvalue weighted by molar-refractivity contribution is 8.00. The van der Waals surface area contributed by atoms with Crippen molar-refractivity contribution in [3.05, 3.63) is 103 Å². The number of hydrogen-bond acceptors (Lipinski definition) is 7. The van der Waals surface area contributed by atoms with Gasteiger partial charge in [-0.2, -0.15) is 0 Å². The van der Waals surface area contributed by atoms with Gasteiger partial charge in [-0.1, -0.05) is 70.1 Å². The molecule has 3 atom stereocenters. The number of halogens is 1. The summed E-state index contributed by atoms with van der Waals surface area (Å²) in [5.41, 5.74) is 3.73. The highest BCUT2D eigenvalue weighted by Crippen LogP contribution is 2.54. The normalized spacial score (nSPS) is 19.6. The number of aromatic nitrogens is 1. The van der Waals surface area contributed by atoms with E-state index >= 15 is 0 Å². The molecule has 0 bridgehead atoms. The van der Waals surface area contributed by atoms with Gasteiger partial charge in [-0.25, -0.2) is 4.90 Å². The third-order valence-electron chi connectivity index (χ3n) is 7.12. The van der Waals surface area contributed by atoms with Crippen LogP contribution >= 0.6 is 34.7 Å². The van der Waals surface area contributed by atoms with Crippen molar-refractivity contribution in [2.75, 3.05) is 16.8 Å². The van der Waals surface area contributed by atoms with Gasteiger partial charge in [-0.05, 0) is 56.3 Å². The zero-order valence-corrected chi connectivity index (χ0v) is 24.4. The second-order valence-electron chi connectivity index (χ2n) is 9.98. The van der Waals surface area contributed by atoms with Gasteiger partial charge >= 0.3 is 4.87 Å². The maximum Gasteiger partial charge on any atom is 0.305 e. The lowest BCUT2D eigenvalue weighted by Gasteiger charge is -2.31. The van der Waals surface area contributed by atoms with E-state index < -0.39 is 17.1 Å². The third kappa shape index (κ3) is 5.18. The summed E-state index contributed by atoms with van der Waals surface area (Å²) in [6.45, 7) is 3.59. The molecule has 208 valence electrons. The Bertz CT molecular complexity index is 1730. The lowest BCUT2D eigenvalue weighted by molar-refractivity contribution is -0.122. The maximum absolute atomic E-state index is 14.0. The zero-order valence-electron chi connectivity index (χ0n) is 22.0. The fraction of sp³-hybridized carbons (Fsp3) is 0.200. The van der Waals surface area contributed by atoms with E-state index in [1.165, 1.54) is 16.7 Å². The Kier molecular flexibility index (Phi) is 7.23. The molecule has 2 N–H and O–H groups in total. The zero-order chi connectivity index (χ0) is 28.8. The number of nitrogens with zero attached hydrogens (tertiary/aromatic N) is 1. The number of benzene rings is 3. The number of aromatic amines is 1. The molecular formula is C30H24ClN3O5S2. The van der Waals surface area contributed by atoms with Crippen molar-refractivity contribution in [1.29, 1.82) is 0 Å². The number of carbonyl (C=O) groups excluding carboxylic acids is 3. The van der Waals surface area contributed by atoms with Gasteiger partial charge in [0, 0.05) is 27.1 Å². The molecule has 8 nitrogen and oxygen atoms in total. The molecule has 11 heteroatoms. The van der Waals surface area contributed by atoms with Crippen LogP contribution in [-0.4, -0.2) is 34.6 Å². The number of nitrogens with one attached hydrogen (secondary N) is 2. The molecule has 2 aliphatic heterocycles. The molecule has 2 unspecified atom stereocenters. The van der Waals surface area contributed by atoms with Crippen LogP contribution in [0.5, 0.6) is 5.75 Å². The van der Waals surface area contributed by atoms with Gasteiger partial charge in [0.15, 0.2) is 6.61 Å². The highest BCUT2D eigenvalue weighted by Gasteiger charge is 2.56. The van der Waals surface area contributed by atoms with Crippen molar-refractivity contribution in [3.63, 3.8) is 0 Å². The number of aryl methyl sites for hydroxylation is 2. The first-order valence-electron chi connectivity index (χ1n) is 12.8. The molecule has 3 heterocycles. The van der Waals surface area contributed by atoms with Crippen molar-refractivity contribution in [3.8, 4) is 5.75 Å². The Balaban J connectivity index is 1.36. The number of carbonyl (C=O) groups is 3. The molecule has 0 spiro atoms. The van der Waals surface area contributed by atoms with Crippen LogP contribution in [0.2, 0.25) is 5.02 Å². The van der Waals surface area contributed by atoms with E-state index in [2.05, 4.69) is 10.3 Å². The second-order valence-corrected chi connectivity index (χ2v) is 12.6. The first-order valence-corrected chi connectivity index (χ1v) is 14.9. The van der Waals surface area contributed by atoms with Crippen LogP contribution in [0.15, 0.2) is 76.6 Å². The van der Waals surface area contributed by atoms with Gasteiger partial charge in [0.25, 0.3) is 5.91 Å². The first kappa shape index (κ1) is 27.3. The average Bonchev–Trinajstić information content (AvgIpc) is 3.44. The van der Waals surface area contributed by atoms with Gasteiger partial charge in [-0.15, -0.1) is 0 Å². The smallest absolute Gasteiger partial charge is 0.305 e. The predicted octanol–water partition coefficient (Wildman–Crippen LogP) is 5.52. The van der Waals surface area contributed by atoms with Crippen molar-refractivity contribution in [2.24, 2.45) is 5.92 Å². The maximum atomic E-state index is 14.0. The van der Waals surface area contributed by atoms with E-state index in [4.69, 9.17) is 16.3 Å². The molecule has 0 radical (unpaired) electrons. The van der Waals surface area contributed by atoms with Gasteiger partial charge in [0.05, 0.1) is 16.6 Å². The van der Waals surface area contributed by atoms with Gasteiger partial charge < -0.3 is 15.0 Å². The quantitative estimate of drug-likeness (QED) is 0.280. The van der Waals surface area contributed by atoms with Crippen LogP contribution in [0.1, 0.15) is 27.5 Å². The highest BCUT2D eigenvalue weighted by atomic mass is 35.5. The molecule has 0 aliphatic carbocycles. The number of hydrogen-bond donors (Lipinski definition) is 2. The van der Waals surface area contributed by atoms with E-state index in [1.807, 2.05) is 38.1 Å². The summed E-state index contributed by atoms with van der Waals surface area (Å²) >= 11 is 8.62. The average molecular weight is 606 g/mol. The van der Waals surface area contributed by atoms with Gasteiger partial charge in [-0.3, -0.25) is 19.2 Å². The molecule has 1 fully saturated rings. The number of thioether (sulfide) groups is 1. The number of amides is 3. The Morgan fingerprint density at radius 3 is 2.37 bits per heavy atom. The number of rotatable bonds is 6. The van der Waals surface area contributed by atoms with Crippen LogP contribution in [0.4, 0.5) is 11.4 Å². The molecule has 0 saturated carbocycles. The Hall–Kier alpha value is -3.86. The summed E-state index contributed by atoms with van der Waals surface area (Å²) in [7, 11) is 0. The minimum atomic E-state index is -0.810. The summed E-state index contributed by atoms with van der Waals surface area (Å²) < 4.78 is 5.99. The molecule has 3 aromatic carbocycles. The molecule has 1 saturated heterocycles. The second kappa shape index (κ2) is 10.8. The van der Waals surface area contributed by atoms with Crippen molar-refractivity contribution in [1.82, 2.24) is 4.98 Å². The van der Waals surface area contributed by atoms with Crippen molar-refractivity contribution >= 4 is 63.8 Å². The molecular weight excluding hydrogens is 582 g/mol. The summed E-state index contributed by atoms with van der Waals surface area (Å²) in [4.78, 5) is 57.2. The SMILES string of the molecule is Cc1ccc(NC(=O)COc2ccc(Cl)cc2[C@H]2c3sc(=O)[nH]c3SC3C(=O)N(c4ccc(C)cc4)C(=O)C32)cc1. The molecule has 3 amide bonds. The number of thiazole rings is 1. The summed E-state index contributed by atoms with van der Waals surface area (Å²) in [5.74, 6) is -2.24. The predicted molar refractivity (Wildman–Crippen MR) is 160 cm³/mol. The molecule has 4 aromatic rings. The fourth-order valence-electron chi connectivity index (χ4n) is 5.17. The van der Waals surface area contributed by atoms with E-state index in [9.17, 15) is 19.2 Å². The van der Waals surface area contributed by atoms with Crippen LogP contribution in [0.25, 0.3) is 0 Å². The Morgan fingerprint density at radius 1 is 0.976 bits per heavy atom. The topological polar surface area (TPSA) is 109 Å². The number of anilines is 2. The Labute approximate surface area is 248 Å². The number of imide groups is 1. The molecule has 1 aromatic heterocycles. The number of ether oxygens (including phenoxy) is 1. The lowest BCUT2D eigenvalue weighted by Crippen LogP contribution is -2.32. The minimum absolute atomic E-state index is 0.287. The van der Waals surface area contributed by atoms with Gasteiger partial charge in [0.2, 0.25) is 11.8 Å². The van der Waals surface area contributed by atoms with Crippen molar-refractivity contribution < 1.29 is 19.1 Å². The third-order valence-corrected chi connectivity index (χ3v) is 9.75. The first-order chi connectivity index (χ1) is 19.7. The largest absolute Gasteiger partial charge is 0.483 e. The fourth-order valence-corrected chi connectivity index (χ4v) is 7.86. The Morgan fingerprint density at radius 2 is 1.66 bits per heavy atom. The van der Waals surface area contributed by atoms with E-state index in [1.54, 1.807) is 42.5 Å². The van der Waals surface area contributed by atoms with Crippen molar-refractivity contribution in [2.45, 2.75) is 30.0 Å². The van der Waals surface area contributed by atoms with Crippen LogP contribution in [0.3, 0.4) is 0 Å². The van der Waals surface area contributed by atoms with Crippen LogP contribution < -0.4 is 19.8 Å². The monoisotopic (exact) mass is 605 g/mol. The van der Waals surface area contributed by atoms with E-state index in [0.717, 1.165) is 22.5 Å². The summed E-state index contributed by atoms with van der Waals surface area (Å²) in [6.07, 6.45) is 0. The lowest BCUT2D eigenvalue weighted by atomic mass is 9.82. The summed E-state index contributed by atoms with van der Waals surface area (Å²) in [5, 5.41) is 2.98.